The zero-order valence-corrected chi connectivity index (χ0v) is 11.0. The fourth-order valence-corrected chi connectivity index (χ4v) is 1.99. The molecule has 0 fully saturated rings. The minimum absolute atomic E-state index is 0.727. The lowest BCUT2D eigenvalue weighted by Crippen LogP contribution is -2.02. The van der Waals surface area contributed by atoms with Gasteiger partial charge in [-0.3, -0.25) is 4.98 Å². The lowest BCUT2D eigenvalue weighted by molar-refractivity contribution is 0.685. The zero-order chi connectivity index (χ0) is 13.6. The zero-order valence-electron chi connectivity index (χ0n) is 11.0. The van der Waals surface area contributed by atoms with Crippen LogP contribution < -0.4 is 5.32 Å². The molecule has 0 saturated heterocycles. The van der Waals surface area contributed by atoms with E-state index in [2.05, 4.69) is 38.6 Å². The highest BCUT2D eigenvalue weighted by Gasteiger charge is 1.98. The van der Waals surface area contributed by atoms with E-state index in [0.29, 0.717) is 0 Å². The molecule has 5 heteroatoms. The average Bonchev–Trinajstić information content (AvgIpc) is 3.00. The first-order chi connectivity index (χ1) is 9.90. The normalized spacial score (nSPS) is 10.4. The summed E-state index contributed by atoms with van der Waals surface area (Å²) in [7, 11) is 0. The Bertz CT molecular complexity index is 649. The van der Waals surface area contributed by atoms with Crippen LogP contribution >= 0.6 is 0 Å². The molecule has 5 nitrogen and oxygen atoms in total. The molecule has 0 unspecified atom stereocenters. The molecule has 2 heterocycles. The van der Waals surface area contributed by atoms with Crippen molar-refractivity contribution in [3.05, 3.63) is 72.6 Å². The van der Waals surface area contributed by atoms with E-state index >= 15 is 0 Å². The molecule has 2 aromatic heterocycles. The number of pyridine rings is 1. The summed E-state index contributed by atoms with van der Waals surface area (Å²) >= 11 is 0. The van der Waals surface area contributed by atoms with Gasteiger partial charge in [-0.25, -0.2) is 9.67 Å². The number of aromatic nitrogens is 4. The van der Waals surface area contributed by atoms with E-state index in [1.807, 2.05) is 22.9 Å². The highest BCUT2D eigenvalue weighted by atomic mass is 15.3. The van der Waals surface area contributed by atoms with E-state index < -0.39 is 0 Å². The van der Waals surface area contributed by atoms with Crippen molar-refractivity contribution in [2.75, 3.05) is 5.32 Å². The van der Waals surface area contributed by atoms with Crippen LogP contribution in [0.2, 0.25) is 0 Å². The van der Waals surface area contributed by atoms with Crippen molar-refractivity contribution in [1.29, 1.82) is 0 Å². The van der Waals surface area contributed by atoms with Crippen LogP contribution in [-0.2, 0) is 13.1 Å². The molecule has 0 saturated carbocycles. The van der Waals surface area contributed by atoms with Crippen molar-refractivity contribution < 1.29 is 0 Å². The Hall–Kier alpha value is -2.69. The summed E-state index contributed by atoms with van der Waals surface area (Å²) in [4.78, 5) is 7.96. The molecule has 0 spiro atoms. The number of nitrogens with zero attached hydrogens (tertiary/aromatic N) is 4. The van der Waals surface area contributed by atoms with Crippen LogP contribution in [0.25, 0.3) is 0 Å². The van der Waals surface area contributed by atoms with Crippen molar-refractivity contribution in [1.82, 2.24) is 19.7 Å². The van der Waals surface area contributed by atoms with Crippen LogP contribution in [0.5, 0.6) is 0 Å². The SMILES string of the molecule is c1cc(Cn2cncn2)cc(NCc2ccncc2)c1. The summed E-state index contributed by atoms with van der Waals surface area (Å²) in [5.74, 6) is 0. The minimum atomic E-state index is 0.727. The maximum absolute atomic E-state index is 4.11. The van der Waals surface area contributed by atoms with Gasteiger partial charge in [0.1, 0.15) is 12.7 Å². The summed E-state index contributed by atoms with van der Waals surface area (Å²) in [6, 6.07) is 12.3. The van der Waals surface area contributed by atoms with Crippen LogP contribution in [0, 0.1) is 0 Å². The molecule has 0 amide bonds. The molecular weight excluding hydrogens is 250 g/mol. The van der Waals surface area contributed by atoms with Crippen LogP contribution in [0.1, 0.15) is 11.1 Å². The average molecular weight is 265 g/mol. The predicted molar refractivity (Wildman–Crippen MR) is 77.1 cm³/mol. The third-order valence-electron chi connectivity index (χ3n) is 2.98. The molecule has 3 aromatic rings. The molecule has 0 aliphatic heterocycles. The maximum Gasteiger partial charge on any atom is 0.137 e. The lowest BCUT2D eigenvalue weighted by Gasteiger charge is -2.08. The molecule has 0 aliphatic carbocycles. The predicted octanol–water partition coefficient (Wildman–Crippen LogP) is 2.33. The van der Waals surface area contributed by atoms with Gasteiger partial charge >= 0.3 is 0 Å². The van der Waals surface area contributed by atoms with Crippen molar-refractivity contribution in [3.8, 4) is 0 Å². The van der Waals surface area contributed by atoms with Gasteiger partial charge in [-0.05, 0) is 35.4 Å². The van der Waals surface area contributed by atoms with E-state index in [1.54, 1.807) is 25.0 Å². The Morgan fingerprint density at radius 2 is 1.90 bits per heavy atom. The van der Waals surface area contributed by atoms with Crippen LogP contribution in [0.4, 0.5) is 5.69 Å². The highest BCUT2D eigenvalue weighted by molar-refractivity contribution is 5.46. The molecule has 100 valence electrons. The van der Waals surface area contributed by atoms with Crippen molar-refractivity contribution >= 4 is 5.69 Å². The van der Waals surface area contributed by atoms with Gasteiger partial charge in [0.25, 0.3) is 0 Å². The molecule has 1 N–H and O–H groups in total. The van der Waals surface area contributed by atoms with Crippen molar-refractivity contribution in [2.24, 2.45) is 0 Å². The van der Waals surface area contributed by atoms with Crippen molar-refractivity contribution in [3.63, 3.8) is 0 Å². The second kappa shape index (κ2) is 5.97. The summed E-state index contributed by atoms with van der Waals surface area (Å²) in [5.41, 5.74) is 3.50. The third kappa shape index (κ3) is 3.20. The van der Waals surface area contributed by atoms with Gasteiger partial charge < -0.3 is 5.32 Å². The van der Waals surface area contributed by atoms with E-state index in [0.717, 1.165) is 18.8 Å². The largest absolute Gasteiger partial charge is 0.381 e. The summed E-state index contributed by atoms with van der Waals surface area (Å²) in [6.45, 7) is 1.51. The first-order valence-corrected chi connectivity index (χ1v) is 6.44. The second-order valence-corrected chi connectivity index (χ2v) is 4.50. The molecule has 0 radical (unpaired) electrons. The number of hydrogen-bond donors (Lipinski definition) is 1. The highest BCUT2D eigenvalue weighted by Crippen LogP contribution is 2.12. The summed E-state index contributed by atoms with van der Waals surface area (Å²) < 4.78 is 1.81. The molecule has 20 heavy (non-hydrogen) atoms. The Balaban J connectivity index is 1.65. The minimum Gasteiger partial charge on any atom is -0.381 e. The van der Waals surface area contributed by atoms with E-state index in [9.17, 15) is 0 Å². The monoisotopic (exact) mass is 265 g/mol. The third-order valence-corrected chi connectivity index (χ3v) is 2.98. The van der Waals surface area contributed by atoms with Crippen LogP contribution in [-0.4, -0.2) is 19.7 Å². The quantitative estimate of drug-likeness (QED) is 0.769. The smallest absolute Gasteiger partial charge is 0.137 e. The topological polar surface area (TPSA) is 55.6 Å². The Morgan fingerprint density at radius 1 is 1.00 bits per heavy atom. The van der Waals surface area contributed by atoms with Gasteiger partial charge in [-0.2, -0.15) is 5.10 Å². The van der Waals surface area contributed by atoms with Gasteiger partial charge in [-0.15, -0.1) is 0 Å². The first kappa shape index (κ1) is 12.3. The fourth-order valence-electron chi connectivity index (χ4n) is 1.99. The summed E-state index contributed by atoms with van der Waals surface area (Å²) in [6.07, 6.45) is 6.87. The number of benzene rings is 1. The summed E-state index contributed by atoms with van der Waals surface area (Å²) in [5, 5.41) is 7.52. The Morgan fingerprint density at radius 3 is 2.70 bits per heavy atom. The molecule has 1 aromatic carbocycles. The van der Waals surface area contributed by atoms with Crippen LogP contribution in [0.3, 0.4) is 0 Å². The number of anilines is 1. The van der Waals surface area contributed by atoms with Crippen molar-refractivity contribution in [2.45, 2.75) is 13.1 Å². The fraction of sp³-hybridized carbons (Fsp3) is 0.133. The number of hydrogen-bond acceptors (Lipinski definition) is 4. The van der Waals surface area contributed by atoms with Gasteiger partial charge in [0, 0.05) is 24.6 Å². The van der Waals surface area contributed by atoms with Gasteiger partial charge in [0.05, 0.1) is 6.54 Å². The van der Waals surface area contributed by atoms with Crippen LogP contribution in [0.15, 0.2) is 61.4 Å². The molecular formula is C15H15N5. The maximum atomic E-state index is 4.11. The van der Waals surface area contributed by atoms with Gasteiger partial charge in [-0.1, -0.05) is 12.1 Å². The van der Waals surface area contributed by atoms with E-state index in [-0.39, 0.29) is 0 Å². The first-order valence-electron chi connectivity index (χ1n) is 6.44. The molecule has 0 aliphatic rings. The molecule has 0 bridgehead atoms. The van der Waals surface area contributed by atoms with E-state index in [1.165, 1.54) is 11.1 Å². The standard InChI is InChI=1S/C15H15N5/c1-2-14(10-20-12-17-11-19-20)8-15(3-1)18-9-13-4-6-16-7-5-13/h1-8,11-12,18H,9-10H2. The lowest BCUT2D eigenvalue weighted by atomic mass is 10.2. The molecule has 0 atom stereocenters. The number of rotatable bonds is 5. The Kier molecular flexibility index (Phi) is 3.68. The Labute approximate surface area is 117 Å². The van der Waals surface area contributed by atoms with E-state index in [4.69, 9.17) is 0 Å². The molecule has 3 rings (SSSR count). The van der Waals surface area contributed by atoms with Gasteiger partial charge in [0.15, 0.2) is 0 Å². The second-order valence-electron chi connectivity index (χ2n) is 4.50. The number of nitrogens with one attached hydrogen (secondary N) is 1. The van der Waals surface area contributed by atoms with Gasteiger partial charge in [0.2, 0.25) is 0 Å².